The van der Waals surface area contributed by atoms with Gasteiger partial charge in [0.15, 0.2) is 0 Å². The highest BCUT2D eigenvalue weighted by molar-refractivity contribution is 5.60. The van der Waals surface area contributed by atoms with Crippen LogP contribution in [0.2, 0.25) is 0 Å². The molecule has 0 aliphatic rings. The molecule has 0 fully saturated rings. The third-order valence-corrected chi connectivity index (χ3v) is 2.43. The molecule has 0 amide bonds. The van der Waals surface area contributed by atoms with Crippen LogP contribution in [0, 0.1) is 6.92 Å². The molecule has 0 saturated carbocycles. The second-order valence-electron chi connectivity index (χ2n) is 3.89. The molecule has 2 rings (SSSR count). The van der Waals surface area contributed by atoms with E-state index in [2.05, 4.69) is 34.6 Å². The van der Waals surface area contributed by atoms with Crippen molar-refractivity contribution in [2.75, 3.05) is 18.4 Å². The van der Waals surface area contributed by atoms with Crippen LogP contribution in [0.15, 0.2) is 36.4 Å². The van der Waals surface area contributed by atoms with E-state index in [0.29, 0.717) is 13.1 Å². The zero-order chi connectivity index (χ0) is 12.1. The van der Waals surface area contributed by atoms with Gasteiger partial charge in [-0.1, -0.05) is 23.8 Å². The highest BCUT2D eigenvalue weighted by Gasteiger charge is 2.00. The summed E-state index contributed by atoms with van der Waals surface area (Å²) in [6, 6.07) is 12.1. The van der Waals surface area contributed by atoms with Gasteiger partial charge in [0.1, 0.15) is 5.82 Å². The third kappa shape index (κ3) is 3.01. The molecule has 1 heterocycles. The van der Waals surface area contributed by atoms with Crippen LogP contribution in [-0.2, 0) is 0 Å². The van der Waals surface area contributed by atoms with Gasteiger partial charge in [0, 0.05) is 18.7 Å². The predicted octanol–water partition coefficient (Wildman–Crippen LogP) is 1.82. The predicted molar refractivity (Wildman–Crippen MR) is 69.7 cm³/mol. The zero-order valence-corrected chi connectivity index (χ0v) is 9.85. The Morgan fingerprint density at radius 2 is 2.06 bits per heavy atom. The van der Waals surface area contributed by atoms with Gasteiger partial charge in [-0.25, -0.2) is 0 Å². The van der Waals surface area contributed by atoms with E-state index in [1.807, 2.05) is 24.3 Å². The first kappa shape index (κ1) is 11.5. The summed E-state index contributed by atoms with van der Waals surface area (Å²) in [7, 11) is 0. The standard InChI is InChI=1S/C13H16N4/c1-10-3-2-4-11(9-10)12-5-6-13(17-16-12)15-8-7-14/h2-6,9H,7-8,14H2,1H3,(H,15,17). The lowest BCUT2D eigenvalue weighted by atomic mass is 10.1. The van der Waals surface area contributed by atoms with Crippen molar-refractivity contribution in [2.45, 2.75) is 6.92 Å². The molecule has 1 aromatic heterocycles. The minimum Gasteiger partial charge on any atom is -0.367 e. The Morgan fingerprint density at radius 1 is 1.18 bits per heavy atom. The van der Waals surface area contributed by atoms with Crippen LogP contribution in [-0.4, -0.2) is 23.3 Å². The fourth-order valence-corrected chi connectivity index (χ4v) is 1.59. The van der Waals surface area contributed by atoms with Gasteiger partial charge in [-0.2, -0.15) is 0 Å². The molecule has 4 nitrogen and oxygen atoms in total. The largest absolute Gasteiger partial charge is 0.367 e. The summed E-state index contributed by atoms with van der Waals surface area (Å²) in [6.07, 6.45) is 0. The van der Waals surface area contributed by atoms with Gasteiger partial charge in [0.25, 0.3) is 0 Å². The molecule has 17 heavy (non-hydrogen) atoms. The van der Waals surface area contributed by atoms with Gasteiger partial charge in [0.2, 0.25) is 0 Å². The number of nitrogens with one attached hydrogen (secondary N) is 1. The van der Waals surface area contributed by atoms with Crippen LogP contribution in [0.5, 0.6) is 0 Å². The first-order valence-corrected chi connectivity index (χ1v) is 5.64. The summed E-state index contributed by atoms with van der Waals surface area (Å²) in [4.78, 5) is 0. The molecule has 0 spiro atoms. The van der Waals surface area contributed by atoms with Crippen molar-refractivity contribution in [3.05, 3.63) is 42.0 Å². The lowest BCUT2D eigenvalue weighted by Gasteiger charge is -2.04. The molecular formula is C13H16N4. The van der Waals surface area contributed by atoms with Crippen LogP contribution in [0.4, 0.5) is 5.82 Å². The van der Waals surface area contributed by atoms with E-state index in [1.165, 1.54) is 5.56 Å². The number of nitrogens with zero attached hydrogens (tertiary/aromatic N) is 2. The summed E-state index contributed by atoms with van der Waals surface area (Å²) >= 11 is 0. The minimum atomic E-state index is 0.585. The number of anilines is 1. The number of nitrogens with two attached hydrogens (primary N) is 1. The van der Waals surface area contributed by atoms with Crippen LogP contribution in [0.25, 0.3) is 11.3 Å². The maximum Gasteiger partial charge on any atom is 0.148 e. The number of benzene rings is 1. The second-order valence-corrected chi connectivity index (χ2v) is 3.89. The lowest BCUT2D eigenvalue weighted by Crippen LogP contribution is -2.14. The summed E-state index contributed by atoms with van der Waals surface area (Å²) in [6.45, 7) is 3.36. The van der Waals surface area contributed by atoms with Crippen molar-refractivity contribution in [3.63, 3.8) is 0 Å². The van der Waals surface area contributed by atoms with Gasteiger partial charge in [0.05, 0.1) is 5.69 Å². The van der Waals surface area contributed by atoms with Crippen molar-refractivity contribution in [3.8, 4) is 11.3 Å². The normalized spacial score (nSPS) is 10.2. The fraction of sp³-hybridized carbons (Fsp3) is 0.231. The first-order valence-electron chi connectivity index (χ1n) is 5.64. The summed E-state index contributed by atoms with van der Waals surface area (Å²) < 4.78 is 0. The van der Waals surface area contributed by atoms with Crippen LogP contribution in [0.1, 0.15) is 5.56 Å². The molecule has 0 saturated heterocycles. The average Bonchev–Trinajstić information content (AvgIpc) is 2.37. The van der Waals surface area contributed by atoms with Crippen molar-refractivity contribution >= 4 is 5.82 Å². The van der Waals surface area contributed by atoms with E-state index < -0.39 is 0 Å². The first-order chi connectivity index (χ1) is 8.29. The maximum atomic E-state index is 5.40. The lowest BCUT2D eigenvalue weighted by molar-refractivity contribution is 0.974. The smallest absolute Gasteiger partial charge is 0.148 e. The molecule has 2 aromatic rings. The highest BCUT2D eigenvalue weighted by Crippen LogP contribution is 2.17. The van der Waals surface area contributed by atoms with Crippen LogP contribution < -0.4 is 11.1 Å². The molecule has 0 atom stereocenters. The molecule has 1 aromatic carbocycles. The van der Waals surface area contributed by atoms with E-state index in [1.54, 1.807) is 0 Å². The Balaban J connectivity index is 2.17. The number of hydrogen-bond donors (Lipinski definition) is 2. The molecular weight excluding hydrogens is 212 g/mol. The number of hydrogen-bond acceptors (Lipinski definition) is 4. The molecule has 88 valence electrons. The Labute approximate surface area is 101 Å². The molecule has 3 N–H and O–H groups in total. The third-order valence-electron chi connectivity index (χ3n) is 2.43. The molecule has 0 aliphatic heterocycles. The number of aromatic nitrogens is 2. The van der Waals surface area contributed by atoms with Gasteiger partial charge < -0.3 is 11.1 Å². The molecule has 0 bridgehead atoms. The van der Waals surface area contributed by atoms with E-state index in [0.717, 1.165) is 17.1 Å². The van der Waals surface area contributed by atoms with Crippen LogP contribution >= 0.6 is 0 Å². The molecule has 0 radical (unpaired) electrons. The maximum absolute atomic E-state index is 5.40. The van der Waals surface area contributed by atoms with E-state index >= 15 is 0 Å². The number of rotatable bonds is 4. The Kier molecular flexibility index (Phi) is 3.67. The Hall–Kier alpha value is -1.94. The van der Waals surface area contributed by atoms with Gasteiger partial charge in [-0.05, 0) is 25.1 Å². The quantitative estimate of drug-likeness (QED) is 0.838. The topological polar surface area (TPSA) is 63.8 Å². The minimum absolute atomic E-state index is 0.585. The van der Waals surface area contributed by atoms with E-state index in [4.69, 9.17) is 5.73 Å². The van der Waals surface area contributed by atoms with Crippen molar-refractivity contribution in [1.82, 2.24) is 10.2 Å². The van der Waals surface area contributed by atoms with Gasteiger partial charge in [-0.3, -0.25) is 0 Å². The second kappa shape index (κ2) is 5.41. The molecule has 4 heteroatoms. The summed E-state index contributed by atoms with van der Waals surface area (Å²) in [5.41, 5.74) is 8.59. The van der Waals surface area contributed by atoms with Crippen molar-refractivity contribution in [2.24, 2.45) is 5.73 Å². The highest BCUT2D eigenvalue weighted by atomic mass is 15.2. The SMILES string of the molecule is Cc1cccc(-c2ccc(NCCN)nn2)c1. The molecule has 0 aliphatic carbocycles. The Morgan fingerprint density at radius 3 is 2.71 bits per heavy atom. The van der Waals surface area contributed by atoms with Gasteiger partial charge >= 0.3 is 0 Å². The van der Waals surface area contributed by atoms with Gasteiger partial charge in [-0.15, -0.1) is 10.2 Å². The molecule has 0 unspecified atom stereocenters. The Bertz CT molecular complexity index is 479. The van der Waals surface area contributed by atoms with Crippen molar-refractivity contribution in [1.29, 1.82) is 0 Å². The van der Waals surface area contributed by atoms with E-state index in [-0.39, 0.29) is 0 Å². The summed E-state index contributed by atoms with van der Waals surface area (Å²) in [5.74, 6) is 0.756. The fourth-order valence-electron chi connectivity index (χ4n) is 1.59. The summed E-state index contributed by atoms with van der Waals surface area (Å²) in [5, 5.41) is 11.4. The number of aryl methyl sites for hydroxylation is 1. The van der Waals surface area contributed by atoms with E-state index in [9.17, 15) is 0 Å². The van der Waals surface area contributed by atoms with Crippen molar-refractivity contribution < 1.29 is 0 Å². The average molecular weight is 228 g/mol. The monoisotopic (exact) mass is 228 g/mol. The van der Waals surface area contributed by atoms with Crippen LogP contribution in [0.3, 0.4) is 0 Å². The zero-order valence-electron chi connectivity index (χ0n) is 9.85.